The maximum absolute atomic E-state index is 12.6. The van der Waals surface area contributed by atoms with Gasteiger partial charge in [0.25, 0.3) is 0 Å². The summed E-state index contributed by atoms with van der Waals surface area (Å²) in [5.74, 6) is 0. The van der Waals surface area contributed by atoms with Crippen molar-refractivity contribution in [1.82, 2.24) is 0 Å². The van der Waals surface area contributed by atoms with E-state index in [1.54, 1.807) is 0 Å². The van der Waals surface area contributed by atoms with Gasteiger partial charge < -0.3 is 25.2 Å². The van der Waals surface area contributed by atoms with Crippen molar-refractivity contribution in [3.05, 3.63) is 0 Å². The van der Waals surface area contributed by atoms with Crippen molar-refractivity contribution in [2.45, 2.75) is 24.5 Å². The SMILES string of the molecule is O=C[C@H](O)[C@@H](F)[C@@H](O)[C@H](O)CO. The normalized spacial score (nSPS) is 21.1. The Labute approximate surface area is 68.1 Å². The lowest BCUT2D eigenvalue weighted by molar-refractivity contribution is -0.126. The minimum atomic E-state index is -2.29. The summed E-state index contributed by atoms with van der Waals surface area (Å²) < 4.78 is 12.6. The first-order valence-corrected chi connectivity index (χ1v) is 3.29. The van der Waals surface area contributed by atoms with Crippen LogP contribution in [0.25, 0.3) is 0 Å². The Balaban J connectivity index is 4.07. The summed E-state index contributed by atoms with van der Waals surface area (Å²) in [4.78, 5) is 9.82. The van der Waals surface area contributed by atoms with Gasteiger partial charge in [0.15, 0.2) is 12.5 Å². The van der Waals surface area contributed by atoms with E-state index in [1.165, 1.54) is 0 Å². The average molecular weight is 182 g/mol. The van der Waals surface area contributed by atoms with E-state index in [0.717, 1.165) is 0 Å². The molecule has 0 aliphatic carbocycles. The zero-order chi connectivity index (χ0) is 9.72. The number of rotatable bonds is 5. The highest BCUT2D eigenvalue weighted by Crippen LogP contribution is 2.07. The Hall–Kier alpha value is -0.560. The van der Waals surface area contributed by atoms with Gasteiger partial charge in [0.2, 0.25) is 0 Å². The number of alkyl halides is 1. The molecule has 0 rings (SSSR count). The molecule has 0 unspecified atom stereocenters. The number of carbonyl (C=O) groups is 1. The Morgan fingerprint density at radius 2 is 1.83 bits per heavy atom. The molecule has 0 aromatic rings. The third-order valence-corrected chi connectivity index (χ3v) is 1.37. The molecule has 0 aromatic carbocycles. The van der Waals surface area contributed by atoms with E-state index in [0.29, 0.717) is 0 Å². The Bertz CT molecular complexity index is 142. The van der Waals surface area contributed by atoms with Crippen LogP contribution in [0.5, 0.6) is 0 Å². The second kappa shape index (κ2) is 5.15. The summed E-state index contributed by atoms with van der Waals surface area (Å²) in [5, 5.41) is 34.3. The topological polar surface area (TPSA) is 98.0 Å². The van der Waals surface area contributed by atoms with Crippen LogP contribution in [0.4, 0.5) is 4.39 Å². The van der Waals surface area contributed by atoms with Crippen molar-refractivity contribution in [3.63, 3.8) is 0 Å². The van der Waals surface area contributed by atoms with E-state index in [-0.39, 0.29) is 6.29 Å². The van der Waals surface area contributed by atoms with Gasteiger partial charge in [-0.05, 0) is 0 Å². The molecule has 4 N–H and O–H groups in total. The first kappa shape index (κ1) is 11.4. The van der Waals surface area contributed by atoms with Crippen LogP contribution < -0.4 is 0 Å². The molecular weight excluding hydrogens is 171 g/mol. The van der Waals surface area contributed by atoms with E-state index in [2.05, 4.69) is 0 Å². The minimum Gasteiger partial charge on any atom is -0.394 e. The van der Waals surface area contributed by atoms with Crippen molar-refractivity contribution >= 4 is 6.29 Å². The fraction of sp³-hybridized carbons (Fsp3) is 0.833. The monoisotopic (exact) mass is 182 g/mol. The number of hydrogen-bond acceptors (Lipinski definition) is 5. The van der Waals surface area contributed by atoms with Gasteiger partial charge in [-0.3, -0.25) is 0 Å². The van der Waals surface area contributed by atoms with Gasteiger partial charge in [-0.2, -0.15) is 0 Å². The highest BCUT2D eigenvalue weighted by molar-refractivity contribution is 5.56. The quantitative estimate of drug-likeness (QED) is 0.355. The molecule has 72 valence electrons. The van der Waals surface area contributed by atoms with Crippen molar-refractivity contribution in [1.29, 1.82) is 0 Å². The molecule has 0 aliphatic rings. The van der Waals surface area contributed by atoms with Crippen molar-refractivity contribution in [2.24, 2.45) is 0 Å². The van der Waals surface area contributed by atoms with Crippen LogP contribution in [0.3, 0.4) is 0 Å². The van der Waals surface area contributed by atoms with Gasteiger partial charge in [-0.1, -0.05) is 0 Å². The van der Waals surface area contributed by atoms with Crippen LogP contribution in [0, 0.1) is 0 Å². The number of aliphatic hydroxyl groups is 4. The van der Waals surface area contributed by atoms with E-state index < -0.39 is 31.1 Å². The molecule has 0 saturated carbocycles. The predicted molar refractivity (Wildman–Crippen MR) is 36.1 cm³/mol. The van der Waals surface area contributed by atoms with Gasteiger partial charge >= 0.3 is 0 Å². The van der Waals surface area contributed by atoms with Gasteiger partial charge in [0.05, 0.1) is 6.61 Å². The molecule has 0 aromatic heterocycles. The van der Waals surface area contributed by atoms with Crippen molar-refractivity contribution < 1.29 is 29.6 Å². The second-order valence-electron chi connectivity index (χ2n) is 2.31. The van der Waals surface area contributed by atoms with Crippen LogP contribution in [-0.4, -0.2) is 57.8 Å². The number of hydrogen-bond donors (Lipinski definition) is 4. The Morgan fingerprint density at radius 1 is 1.33 bits per heavy atom. The third-order valence-electron chi connectivity index (χ3n) is 1.37. The van der Waals surface area contributed by atoms with E-state index in [9.17, 15) is 9.18 Å². The summed E-state index contributed by atoms with van der Waals surface area (Å²) in [6.45, 7) is -0.840. The summed E-state index contributed by atoms with van der Waals surface area (Å²) in [5.41, 5.74) is 0. The smallest absolute Gasteiger partial charge is 0.161 e. The fourth-order valence-corrected chi connectivity index (χ4v) is 0.597. The fourth-order valence-electron chi connectivity index (χ4n) is 0.597. The first-order chi connectivity index (χ1) is 5.54. The average Bonchev–Trinajstić information content (AvgIpc) is 2.12. The highest BCUT2D eigenvalue weighted by Gasteiger charge is 2.31. The molecule has 0 heterocycles. The minimum absolute atomic E-state index is 0.0992. The highest BCUT2D eigenvalue weighted by atomic mass is 19.1. The van der Waals surface area contributed by atoms with Crippen molar-refractivity contribution in [3.8, 4) is 0 Å². The molecule has 0 fully saturated rings. The summed E-state index contributed by atoms with van der Waals surface area (Å²) in [7, 11) is 0. The first-order valence-electron chi connectivity index (χ1n) is 3.29. The van der Waals surface area contributed by atoms with Gasteiger partial charge in [0.1, 0.15) is 18.3 Å². The zero-order valence-corrected chi connectivity index (χ0v) is 6.17. The summed E-state index contributed by atoms with van der Waals surface area (Å²) in [6.07, 6.45) is -8.03. The molecule has 0 spiro atoms. The molecule has 4 atom stereocenters. The number of carbonyl (C=O) groups excluding carboxylic acids is 1. The lowest BCUT2D eigenvalue weighted by atomic mass is 10.1. The number of halogens is 1. The third kappa shape index (κ3) is 2.82. The Kier molecular flexibility index (Phi) is 4.91. The van der Waals surface area contributed by atoms with Gasteiger partial charge in [-0.15, -0.1) is 0 Å². The van der Waals surface area contributed by atoms with Crippen molar-refractivity contribution in [2.75, 3.05) is 6.61 Å². The lowest BCUT2D eigenvalue weighted by Crippen LogP contribution is -2.43. The Morgan fingerprint density at radius 3 is 2.17 bits per heavy atom. The van der Waals surface area contributed by atoms with Crippen LogP contribution in [-0.2, 0) is 4.79 Å². The summed E-state index contributed by atoms with van der Waals surface area (Å²) >= 11 is 0. The van der Waals surface area contributed by atoms with Crippen LogP contribution in [0.1, 0.15) is 0 Å². The van der Waals surface area contributed by atoms with Crippen LogP contribution in [0.15, 0.2) is 0 Å². The van der Waals surface area contributed by atoms with Gasteiger partial charge in [-0.25, -0.2) is 4.39 Å². The van der Waals surface area contributed by atoms with E-state index in [4.69, 9.17) is 20.4 Å². The molecule has 0 saturated heterocycles. The molecule has 5 nitrogen and oxygen atoms in total. The second-order valence-corrected chi connectivity index (χ2v) is 2.31. The van der Waals surface area contributed by atoms with E-state index in [1.807, 2.05) is 0 Å². The maximum atomic E-state index is 12.6. The molecule has 0 bridgehead atoms. The molecular formula is C6H11FO5. The molecule has 0 radical (unpaired) electrons. The lowest BCUT2D eigenvalue weighted by Gasteiger charge is -2.20. The molecule has 12 heavy (non-hydrogen) atoms. The molecule has 0 aliphatic heterocycles. The molecule has 0 amide bonds. The predicted octanol–water partition coefficient (Wildman–Crippen LogP) is -2.40. The van der Waals surface area contributed by atoms with Gasteiger partial charge in [0, 0.05) is 0 Å². The maximum Gasteiger partial charge on any atom is 0.161 e. The number of aliphatic hydroxyl groups excluding tert-OH is 4. The largest absolute Gasteiger partial charge is 0.394 e. The van der Waals surface area contributed by atoms with Crippen LogP contribution in [0.2, 0.25) is 0 Å². The number of aldehydes is 1. The van der Waals surface area contributed by atoms with E-state index >= 15 is 0 Å². The van der Waals surface area contributed by atoms with Crippen LogP contribution >= 0.6 is 0 Å². The summed E-state index contributed by atoms with van der Waals surface area (Å²) in [6, 6.07) is 0. The zero-order valence-electron chi connectivity index (χ0n) is 6.17. The molecule has 6 heteroatoms. The standard InChI is InChI=1S/C6H11FO5/c7-5(3(10)1-8)6(12)4(11)2-9/h1,3-6,9-12H,2H2/t3-,4+,5+,6-/m0/s1.